The first-order chi connectivity index (χ1) is 13.1. The molecule has 8 heteroatoms. The molecule has 1 heterocycles. The minimum Gasteiger partial charge on any atom is -0.487 e. The SMILES string of the molecule is COC(=O)c1cc(Br)c(NCc2cnc(Cl)s2)c(OCc2ccccc2)c1. The van der Waals surface area contributed by atoms with Crippen molar-refractivity contribution >= 4 is 50.5 Å². The summed E-state index contributed by atoms with van der Waals surface area (Å²) in [6, 6.07) is 13.2. The first-order valence-corrected chi connectivity index (χ1v) is 9.98. The standard InChI is InChI=1S/C19H16BrClN2O3S/c1-25-18(24)13-7-15(20)17(22-9-14-10-23-19(21)27-14)16(8-13)26-11-12-5-3-2-4-6-12/h2-8,10,22H,9,11H2,1H3. The summed E-state index contributed by atoms with van der Waals surface area (Å²) in [6.45, 7) is 0.904. The van der Waals surface area contributed by atoms with Crippen molar-refractivity contribution in [1.29, 1.82) is 0 Å². The number of thiazole rings is 1. The van der Waals surface area contributed by atoms with Crippen LogP contribution in [0.15, 0.2) is 53.1 Å². The predicted octanol–water partition coefficient (Wildman–Crippen LogP) is 5.54. The largest absolute Gasteiger partial charge is 0.487 e. The number of carbonyl (C=O) groups is 1. The van der Waals surface area contributed by atoms with E-state index in [1.165, 1.54) is 18.4 Å². The molecule has 3 rings (SSSR count). The van der Waals surface area contributed by atoms with Crippen LogP contribution in [-0.2, 0) is 17.9 Å². The minimum atomic E-state index is -0.430. The third kappa shape index (κ3) is 5.22. The van der Waals surface area contributed by atoms with Crippen molar-refractivity contribution in [3.05, 3.63) is 73.6 Å². The van der Waals surface area contributed by atoms with E-state index >= 15 is 0 Å². The van der Waals surface area contributed by atoms with Crippen LogP contribution in [0.1, 0.15) is 20.8 Å². The van der Waals surface area contributed by atoms with Gasteiger partial charge in [-0.25, -0.2) is 9.78 Å². The first-order valence-electron chi connectivity index (χ1n) is 7.99. The smallest absolute Gasteiger partial charge is 0.338 e. The maximum atomic E-state index is 11.9. The number of halogens is 2. The molecule has 0 atom stereocenters. The van der Waals surface area contributed by atoms with Crippen molar-refractivity contribution in [2.75, 3.05) is 12.4 Å². The second kappa shape index (κ2) is 9.21. The molecule has 3 aromatic rings. The third-order valence-electron chi connectivity index (χ3n) is 3.68. The number of nitrogens with zero attached hydrogens (tertiary/aromatic N) is 1. The molecule has 0 bridgehead atoms. The second-order valence-corrected chi connectivity index (χ2v) is 8.08. The normalized spacial score (nSPS) is 10.5. The Bertz CT molecular complexity index is 934. The summed E-state index contributed by atoms with van der Waals surface area (Å²) in [5.74, 6) is 0.116. The molecule has 0 aliphatic carbocycles. The van der Waals surface area contributed by atoms with Gasteiger partial charge in [0.1, 0.15) is 12.4 Å². The minimum absolute atomic E-state index is 0.374. The fraction of sp³-hybridized carbons (Fsp3) is 0.158. The highest BCUT2D eigenvalue weighted by atomic mass is 79.9. The van der Waals surface area contributed by atoms with Gasteiger partial charge in [0.05, 0.1) is 24.9 Å². The lowest BCUT2D eigenvalue weighted by atomic mass is 10.2. The molecular formula is C19H16BrClN2O3S. The van der Waals surface area contributed by atoms with E-state index in [0.29, 0.717) is 33.4 Å². The molecule has 0 aliphatic rings. The van der Waals surface area contributed by atoms with E-state index in [9.17, 15) is 4.79 Å². The van der Waals surface area contributed by atoms with E-state index in [4.69, 9.17) is 21.1 Å². The fourth-order valence-electron chi connectivity index (χ4n) is 2.38. The van der Waals surface area contributed by atoms with Gasteiger partial charge in [-0.3, -0.25) is 0 Å². The van der Waals surface area contributed by atoms with Gasteiger partial charge in [0, 0.05) is 15.5 Å². The second-order valence-electron chi connectivity index (χ2n) is 5.53. The Labute approximate surface area is 174 Å². The van der Waals surface area contributed by atoms with Gasteiger partial charge in [-0.1, -0.05) is 41.9 Å². The maximum Gasteiger partial charge on any atom is 0.338 e. The Morgan fingerprint density at radius 2 is 2.07 bits per heavy atom. The molecule has 0 aliphatic heterocycles. The van der Waals surface area contributed by atoms with Crippen LogP contribution >= 0.6 is 38.9 Å². The molecule has 0 unspecified atom stereocenters. The summed E-state index contributed by atoms with van der Waals surface area (Å²) < 4.78 is 12.0. The summed E-state index contributed by atoms with van der Waals surface area (Å²) in [4.78, 5) is 17.0. The average Bonchev–Trinajstić information content (AvgIpc) is 3.10. The molecule has 0 fully saturated rings. The van der Waals surface area contributed by atoms with Crippen molar-refractivity contribution in [3.8, 4) is 5.75 Å². The van der Waals surface area contributed by atoms with E-state index in [1.807, 2.05) is 30.3 Å². The number of anilines is 1. The van der Waals surface area contributed by atoms with Crippen molar-refractivity contribution in [3.63, 3.8) is 0 Å². The van der Waals surface area contributed by atoms with Crippen LogP contribution < -0.4 is 10.1 Å². The van der Waals surface area contributed by atoms with Gasteiger partial charge in [0.15, 0.2) is 4.47 Å². The van der Waals surface area contributed by atoms with Crippen LogP contribution in [0.25, 0.3) is 0 Å². The zero-order chi connectivity index (χ0) is 19.2. The molecular weight excluding hydrogens is 452 g/mol. The molecule has 140 valence electrons. The Morgan fingerprint density at radius 3 is 2.74 bits per heavy atom. The topological polar surface area (TPSA) is 60.5 Å². The number of carbonyl (C=O) groups excluding carboxylic acids is 1. The summed E-state index contributed by atoms with van der Waals surface area (Å²) in [7, 11) is 1.35. The number of esters is 1. The molecule has 0 spiro atoms. The van der Waals surface area contributed by atoms with Crippen molar-refractivity contribution < 1.29 is 14.3 Å². The average molecular weight is 468 g/mol. The zero-order valence-corrected chi connectivity index (χ0v) is 17.5. The summed E-state index contributed by atoms with van der Waals surface area (Å²) in [5.41, 5.74) is 2.17. The molecule has 2 aromatic carbocycles. The number of ether oxygens (including phenoxy) is 2. The van der Waals surface area contributed by atoms with Crippen LogP contribution in [0.5, 0.6) is 5.75 Å². The predicted molar refractivity (Wildman–Crippen MR) is 111 cm³/mol. The van der Waals surface area contributed by atoms with E-state index in [2.05, 4.69) is 26.2 Å². The van der Waals surface area contributed by atoms with E-state index in [-0.39, 0.29) is 0 Å². The maximum absolute atomic E-state index is 11.9. The van der Waals surface area contributed by atoms with Gasteiger partial charge in [0.25, 0.3) is 0 Å². The van der Waals surface area contributed by atoms with E-state index in [1.54, 1.807) is 18.3 Å². The van der Waals surface area contributed by atoms with E-state index < -0.39 is 5.97 Å². The van der Waals surface area contributed by atoms with Gasteiger partial charge in [-0.15, -0.1) is 11.3 Å². The van der Waals surface area contributed by atoms with Gasteiger partial charge in [-0.2, -0.15) is 0 Å². The number of hydrogen-bond donors (Lipinski definition) is 1. The van der Waals surface area contributed by atoms with Crippen LogP contribution in [0, 0.1) is 0 Å². The lowest BCUT2D eigenvalue weighted by Crippen LogP contribution is -2.07. The highest BCUT2D eigenvalue weighted by molar-refractivity contribution is 9.10. The molecule has 0 saturated heterocycles. The molecule has 1 aromatic heterocycles. The highest BCUT2D eigenvalue weighted by Gasteiger charge is 2.16. The summed E-state index contributed by atoms with van der Waals surface area (Å²) in [5, 5.41) is 3.32. The number of benzene rings is 2. The van der Waals surface area contributed by atoms with Crippen molar-refractivity contribution in [2.24, 2.45) is 0 Å². The van der Waals surface area contributed by atoms with Gasteiger partial charge >= 0.3 is 5.97 Å². The molecule has 27 heavy (non-hydrogen) atoms. The first kappa shape index (κ1) is 19.7. The summed E-state index contributed by atoms with van der Waals surface area (Å²) >= 11 is 10.8. The third-order valence-corrected chi connectivity index (χ3v) is 5.42. The van der Waals surface area contributed by atoms with Crippen LogP contribution in [0.3, 0.4) is 0 Å². The van der Waals surface area contributed by atoms with Gasteiger partial charge < -0.3 is 14.8 Å². The lowest BCUT2D eigenvalue weighted by molar-refractivity contribution is 0.0600. The number of hydrogen-bond acceptors (Lipinski definition) is 6. The monoisotopic (exact) mass is 466 g/mol. The van der Waals surface area contributed by atoms with Gasteiger partial charge in [0.2, 0.25) is 0 Å². The quantitative estimate of drug-likeness (QED) is 0.463. The highest BCUT2D eigenvalue weighted by Crippen LogP contribution is 2.36. The summed E-state index contributed by atoms with van der Waals surface area (Å²) in [6.07, 6.45) is 1.72. The number of rotatable bonds is 7. The zero-order valence-electron chi connectivity index (χ0n) is 14.4. The molecule has 1 N–H and O–H groups in total. The Morgan fingerprint density at radius 1 is 1.30 bits per heavy atom. The van der Waals surface area contributed by atoms with Crippen LogP contribution in [0.2, 0.25) is 4.47 Å². The number of nitrogens with one attached hydrogen (secondary N) is 1. The number of aromatic nitrogens is 1. The lowest BCUT2D eigenvalue weighted by Gasteiger charge is -2.16. The Balaban J connectivity index is 1.85. The van der Waals surface area contributed by atoms with Crippen LogP contribution in [0.4, 0.5) is 5.69 Å². The van der Waals surface area contributed by atoms with Crippen molar-refractivity contribution in [2.45, 2.75) is 13.2 Å². The van der Waals surface area contributed by atoms with Crippen molar-refractivity contribution in [1.82, 2.24) is 4.98 Å². The van der Waals surface area contributed by atoms with Crippen LogP contribution in [-0.4, -0.2) is 18.1 Å². The Hall–Kier alpha value is -2.09. The number of methoxy groups -OCH3 is 1. The molecule has 5 nitrogen and oxygen atoms in total. The molecule has 0 radical (unpaired) electrons. The molecule has 0 amide bonds. The van der Waals surface area contributed by atoms with Gasteiger partial charge in [-0.05, 0) is 33.6 Å². The fourth-order valence-corrected chi connectivity index (χ4v) is 3.88. The Kier molecular flexibility index (Phi) is 6.71. The van der Waals surface area contributed by atoms with E-state index in [0.717, 1.165) is 16.1 Å². The molecule has 0 saturated carbocycles.